The number of hydrogen-bond donors (Lipinski definition) is 0. The standard InChI is InChI=1S/C20H32O2.C15H24O4.C14H20O4.6CH4/c1-5-19(3,4)18(21)22-20(6-2)11-14-10-15(20)17-13-8-7-12(9-13)16(14)17;1-6-14(2,3)13(16)18-11-9-7-8-10(17-9)12(11)19-15(8,4)5;1-4-14(2,3)13(16)18-10-7-5-8-9(6-7)12(15)17-11(8)10;;;;;;/h12-17H,5-11H2,1-4H3;8-12H,6-7H2,1-5H3;7-11H,4-6H2,1-3H3;6*1H4. The van der Waals surface area contributed by atoms with E-state index in [1.807, 2.05) is 55.4 Å². The van der Waals surface area contributed by atoms with E-state index in [9.17, 15) is 19.2 Å². The fourth-order valence-electron chi connectivity index (χ4n) is 13.7. The van der Waals surface area contributed by atoms with E-state index in [2.05, 4.69) is 27.7 Å². The molecule has 0 aromatic heterocycles. The number of carbonyl (C=O) groups excluding carboxylic acids is 4. The van der Waals surface area contributed by atoms with Crippen LogP contribution in [0.3, 0.4) is 0 Å². The van der Waals surface area contributed by atoms with Gasteiger partial charge in [-0.25, -0.2) is 0 Å². The fraction of sp³-hybridized carbons (Fsp3) is 0.927. The van der Waals surface area contributed by atoms with Gasteiger partial charge in [0.15, 0.2) is 6.10 Å². The average molecular weight is 921 g/mol. The van der Waals surface area contributed by atoms with Gasteiger partial charge in [0.2, 0.25) is 0 Å². The van der Waals surface area contributed by atoms with Crippen molar-refractivity contribution in [2.45, 2.75) is 253 Å². The quantitative estimate of drug-likeness (QED) is 0.119. The summed E-state index contributed by atoms with van der Waals surface area (Å²) in [7, 11) is 0. The van der Waals surface area contributed by atoms with Gasteiger partial charge in [-0.05, 0) is 162 Å². The van der Waals surface area contributed by atoms with Gasteiger partial charge in [-0.2, -0.15) is 0 Å². The van der Waals surface area contributed by atoms with Crippen LogP contribution in [0, 0.1) is 75.4 Å². The van der Waals surface area contributed by atoms with Crippen molar-refractivity contribution in [2.24, 2.45) is 75.4 Å². The Morgan fingerprint density at radius 3 is 1.71 bits per heavy atom. The molecule has 10 heteroatoms. The first-order valence-electron chi connectivity index (χ1n) is 23.8. The lowest BCUT2D eigenvalue weighted by atomic mass is 9.65. The molecule has 6 aliphatic carbocycles. The van der Waals surface area contributed by atoms with Crippen molar-refractivity contribution in [3.05, 3.63) is 0 Å². The molecule has 10 rings (SSSR count). The molecule has 10 fully saturated rings. The molecule has 0 N–H and O–H groups in total. The summed E-state index contributed by atoms with van der Waals surface area (Å²) >= 11 is 0. The van der Waals surface area contributed by atoms with Crippen molar-refractivity contribution in [3.8, 4) is 0 Å². The van der Waals surface area contributed by atoms with E-state index in [0.717, 1.165) is 81.0 Å². The summed E-state index contributed by atoms with van der Waals surface area (Å²) in [5, 5.41) is 0. The Morgan fingerprint density at radius 1 is 0.615 bits per heavy atom. The van der Waals surface area contributed by atoms with Crippen molar-refractivity contribution < 1.29 is 47.6 Å². The minimum Gasteiger partial charge on any atom is -0.458 e. The van der Waals surface area contributed by atoms with Crippen LogP contribution in [0.2, 0.25) is 0 Å². The second-order valence-electron chi connectivity index (χ2n) is 23.1. The van der Waals surface area contributed by atoms with Crippen LogP contribution in [0.15, 0.2) is 0 Å². The highest BCUT2D eigenvalue weighted by atomic mass is 16.6. The number of hydrogen-bond acceptors (Lipinski definition) is 10. The molecule has 0 spiro atoms. The maximum Gasteiger partial charge on any atom is 0.312 e. The predicted molar refractivity (Wildman–Crippen MR) is 261 cm³/mol. The van der Waals surface area contributed by atoms with Crippen LogP contribution in [0.5, 0.6) is 0 Å². The van der Waals surface area contributed by atoms with Crippen LogP contribution in [-0.2, 0) is 47.6 Å². The molecule has 17 unspecified atom stereocenters. The lowest BCUT2D eigenvalue weighted by molar-refractivity contribution is -0.183. The Balaban J connectivity index is 0.000000322. The summed E-state index contributed by atoms with van der Waals surface area (Å²) in [5.41, 5.74) is -1.51. The van der Waals surface area contributed by atoms with Crippen LogP contribution in [-0.4, -0.2) is 71.7 Å². The smallest absolute Gasteiger partial charge is 0.312 e. The van der Waals surface area contributed by atoms with Gasteiger partial charge in [-0.3, -0.25) is 19.2 Å². The Labute approximate surface area is 398 Å². The van der Waals surface area contributed by atoms with Gasteiger partial charge >= 0.3 is 23.9 Å². The molecule has 6 saturated carbocycles. The van der Waals surface area contributed by atoms with E-state index < -0.39 is 10.8 Å². The van der Waals surface area contributed by atoms with E-state index in [1.54, 1.807) is 0 Å². The Bertz CT molecular complexity index is 1670. The van der Waals surface area contributed by atoms with Gasteiger partial charge in [-0.1, -0.05) is 72.3 Å². The lowest BCUT2D eigenvalue weighted by Crippen LogP contribution is -2.49. The summed E-state index contributed by atoms with van der Waals surface area (Å²) in [5.74, 6) is 6.16. The first-order valence-corrected chi connectivity index (χ1v) is 23.8. The molecule has 8 bridgehead atoms. The highest BCUT2D eigenvalue weighted by Crippen LogP contribution is 2.71. The minimum atomic E-state index is -0.455. The Kier molecular flexibility index (Phi) is 18.5. The molecule has 0 radical (unpaired) electrons. The van der Waals surface area contributed by atoms with E-state index in [-0.39, 0.29) is 128 Å². The van der Waals surface area contributed by atoms with Gasteiger partial charge in [-0.15, -0.1) is 0 Å². The Hall–Kier alpha value is -2.20. The van der Waals surface area contributed by atoms with Gasteiger partial charge in [0.25, 0.3) is 0 Å². The van der Waals surface area contributed by atoms with Crippen LogP contribution < -0.4 is 0 Å². The zero-order valence-electron chi connectivity index (χ0n) is 38.3. The number of fused-ring (bicyclic) bond motifs is 11. The monoisotopic (exact) mass is 921 g/mol. The van der Waals surface area contributed by atoms with Crippen molar-refractivity contribution in [2.75, 3.05) is 0 Å². The second-order valence-corrected chi connectivity index (χ2v) is 23.1. The molecule has 10 nitrogen and oxygen atoms in total. The van der Waals surface area contributed by atoms with Crippen LogP contribution in [0.25, 0.3) is 0 Å². The molecule has 380 valence electrons. The average Bonchev–Trinajstić information content (AvgIpc) is 4.05. The van der Waals surface area contributed by atoms with Gasteiger partial charge in [0, 0.05) is 23.7 Å². The van der Waals surface area contributed by atoms with Crippen molar-refractivity contribution in [1.82, 2.24) is 0 Å². The number of esters is 4. The van der Waals surface area contributed by atoms with Crippen molar-refractivity contribution in [3.63, 3.8) is 0 Å². The molecular formula is C55H100O10. The van der Waals surface area contributed by atoms with E-state index in [0.29, 0.717) is 23.7 Å². The van der Waals surface area contributed by atoms with Gasteiger partial charge in [0.1, 0.15) is 23.9 Å². The SMILES string of the molecule is C.C.C.C.C.C.CCC(C)(C)C(=O)OC1(CC)CC2CC1C1C3CCC(C3)C21.CCC(C)(C)C(=O)OC1C2CC3C(=O)OC1C3C2.CCC(C)(C)C(=O)OC1C2CC3C(O2)C1OC3(C)C. The minimum absolute atomic E-state index is 0. The molecule has 65 heavy (non-hydrogen) atoms. The van der Waals surface area contributed by atoms with Crippen LogP contribution in [0.4, 0.5) is 0 Å². The first-order chi connectivity index (χ1) is 27.6. The van der Waals surface area contributed by atoms with Crippen LogP contribution >= 0.6 is 0 Å². The molecule has 0 amide bonds. The topological polar surface area (TPSA) is 124 Å². The van der Waals surface area contributed by atoms with Gasteiger partial charge in [0.05, 0.1) is 40.0 Å². The fourth-order valence-corrected chi connectivity index (χ4v) is 13.7. The molecule has 4 aliphatic heterocycles. The molecule has 4 saturated heterocycles. The molecule has 0 aromatic rings. The molecular weight excluding hydrogens is 821 g/mol. The predicted octanol–water partition coefficient (Wildman–Crippen LogP) is 12.8. The third-order valence-electron chi connectivity index (χ3n) is 18.6. The van der Waals surface area contributed by atoms with E-state index in [1.165, 1.54) is 25.7 Å². The third-order valence-corrected chi connectivity index (χ3v) is 18.6. The lowest BCUT2D eigenvalue weighted by Gasteiger charge is -2.46. The Morgan fingerprint density at radius 2 is 1.15 bits per heavy atom. The number of ether oxygens (including phenoxy) is 6. The number of rotatable bonds is 10. The van der Waals surface area contributed by atoms with E-state index in [4.69, 9.17) is 28.4 Å². The number of carbonyl (C=O) groups is 4. The van der Waals surface area contributed by atoms with Crippen molar-refractivity contribution >= 4 is 23.9 Å². The summed E-state index contributed by atoms with van der Waals surface area (Å²) in [6, 6.07) is 0. The molecule has 10 aliphatic rings. The molecule has 17 atom stereocenters. The maximum absolute atomic E-state index is 12.7. The molecule has 4 heterocycles. The summed E-state index contributed by atoms with van der Waals surface area (Å²) in [6.07, 6.45) is 12.5. The zero-order chi connectivity index (χ0) is 42.8. The first kappa shape index (κ1) is 58.9. The van der Waals surface area contributed by atoms with Crippen molar-refractivity contribution in [1.29, 1.82) is 0 Å². The summed E-state index contributed by atoms with van der Waals surface area (Å²) in [6.45, 7) is 24.2. The summed E-state index contributed by atoms with van der Waals surface area (Å²) in [4.78, 5) is 48.7. The molecule has 0 aromatic carbocycles. The highest BCUT2D eigenvalue weighted by Gasteiger charge is 2.69. The largest absolute Gasteiger partial charge is 0.458 e. The van der Waals surface area contributed by atoms with Crippen LogP contribution in [0.1, 0.15) is 205 Å². The van der Waals surface area contributed by atoms with E-state index >= 15 is 0 Å². The normalized spacial score (nSPS) is 40.3. The maximum atomic E-state index is 12.7. The highest BCUT2D eigenvalue weighted by molar-refractivity contribution is 5.79. The van der Waals surface area contributed by atoms with Gasteiger partial charge < -0.3 is 28.4 Å². The third kappa shape index (κ3) is 9.59. The second kappa shape index (κ2) is 20.4. The zero-order valence-corrected chi connectivity index (χ0v) is 38.3. The summed E-state index contributed by atoms with van der Waals surface area (Å²) < 4.78 is 35.1.